The first kappa shape index (κ1) is 28.1. The number of carboxylic acid groups (broad SMARTS) is 1. The van der Waals surface area contributed by atoms with Crippen LogP contribution in [0.1, 0.15) is 78.2 Å². The zero-order chi connectivity index (χ0) is 26.5. The quantitative estimate of drug-likeness (QED) is 0.414. The first-order valence-corrected chi connectivity index (χ1v) is 13.4. The molecule has 0 spiro atoms. The van der Waals surface area contributed by atoms with Gasteiger partial charge < -0.3 is 24.2 Å². The second-order valence-electron chi connectivity index (χ2n) is 10.9. The van der Waals surface area contributed by atoms with Gasteiger partial charge >= 0.3 is 5.97 Å². The number of ether oxygens (including phenoxy) is 3. The molecule has 1 amide bonds. The highest BCUT2D eigenvalue weighted by atomic mass is 16.7. The van der Waals surface area contributed by atoms with E-state index >= 15 is 0 Å². The Balaban J connectivity index is 1.98. The molecule has 0 radical (unpaired) electrons. The van der Waals surface area contributed by atoms with Gasteiger partial charge in [0.25, 0.3) is 0 Å². The third-order valence-electron chi connectivity index (χ3n) is 7.51. The lowest BCUT2D eigenvalue weighted by Gasteiger charge is -2.35. The SMILES string of the molecule is CCCN(CCC)C(=O)CN1C[C@H](c2cc(OC)c3c(c2)OCO3)[C@@H](C(=O)O)[C@@H]1CC(C)(C)CCC. The number of rotatable bonds is 13. The molecular formula is C28H44N2O6. The lowest BCUT2D eigenvalue weighted by Crippen LogP contribution is -2.45. The summed E-state index contributed by atoms with van der Waals surface area (Å²) in [7, 11) is 1.57. The van der Waals surface area contributed by atoms with E-state index < -0.39 is 11.9 Å². The summed E-state index contributed by atoms with van der Waals surface area (Å²) < 4.78 is 16.7. The number of nitrogens with zero attached hydrogens (tertiary/aromatic N) is 2. The number of carbonyl (C=O) groups excluding carboxylic acids is 1. The minimum atomic E-state index is -0.831. The van der Waals surface area contributed by atoms with E-state index in [1.807, 2.05) is 17.0 Å². The molecule has 3 atom stereocenters. The molecule has 0 aromatic heterocycles. The minimum absolute atomic E-state index is 0.0393. The fourth-order valence-corrected chi connectivity index (χ4v) is 5.97. The molecule has 3 rings (SSSR count). The Labute approximate surface area is 215 Å². The Morgan fingerprint density at radius 1 is 1.14 bits per heavy atom. The summed E-state index contributed by atoms with van der Waals surface area (Å²) in [6.45, 7) is 13.0. The Morgan fingerprint density at radius 2 is 1.83 bits per heavy atom. The molecule has 0 aliphatic carbocycles. The second-order valence-corrected chi connectivity index (χ2v) is 10.9. The molecule has 1 aromatic carbocycles. The minimum Gasteiger partial charge on any atom is -0.493 e. The van der Waals surface area contributed by atoms with Crippen LogP contribution in [0.2, 0.25) is 0 Å². The molecule has 0 saturated carbocycles. The molecule has 8 nitrogen and oxygen atoms in total. The van der Waals surface area contributed by atoms with Gasteiger partial charge in [0.2, 0.25) is 18.4 Å². The Hall–Kier alpha value is -2.48. The molecular weight excluding hydrogens is 460 g/mol. The third kappa shape index (κ3) is 6.25. The number of likely N-dealkylation sites (tertiary alicyclic amines) is 1. The van der Waals surface area contributed by atoms with E-state index in [-0.39, 0.29) is 36.6 Å². The summed E-state index contributed by atoms with van der Waals surface area (Å²) in [6, 6.07) is 3.50. The Morgan fingerprint density at radius 3 is 2.42 bits per heavy atom. The van der Waals surface area contributed by atoms with Gasteiger partial charge in [0.15, 0.2) is 11.5 Å². The summed E-state index contributed by atoms with van der Waals surface area (Å²) in [5, 5.41) is 10.5. The lowest BCUT2D eigenvalue weighted by molar-refractivity contribution is -0.144. The molecule has 36 heavy (non-hydrogen) atoms. The molecule has 1 fully saturated rings. The Bertz CT molecular complexity index is 912. The number of benzene rings is 1. The normalized spacial score (nSPS) is 21.6. The van der Waals surface area contributed by atoms with Gasteiger partial charge in [-0.3, -0.25) is 14.5 Å². The van der Waals surface area contributed by atoms with Crippen molar-refractivity contribution in [3.05, 3.63) is 17.7 Å². The van der Waals surface area contributed by atoms with Crippen LogP contribution in [0.5, 0.6) is 17.2 Å². The van der Waals surface area contributed by atoms with Crippen LogP contribution in [-0.2, 0) is 9.59 Å². The zero-order valence-corrected chi connectivity index (χ0v) is 22.8. The number of fused-ring (bicyclic) bond motifs is 1. The summed E-state index contributed by atoms with van der Waals surface area (Å²) in [5.74, 6) is -0.0419. The number of methoxy groups -OCH3 is 1. The fourth-order valence-electron chi connectivity index (χ4n) is 5.97. The van der Waals surface area contributed by atoms with E-state index in [1.165, 1.54) is 0 Å². The monoisotopic (exact) mass is 504 g/mol. The van der Waals surface area contributed by atoms with Crippen LogP contribution in [0, 0.1) is 11.3 Å². The summed E-state index contributed by atoms with van der Waals surface area (Å²) in [5.41, 5.74) is 0.804. The topological polar surface area (TPSA) is 88.5 Å². The summed E-state index contributed by atoms with van der Waals surface area (Å²) in [6.07, 6.45) is 4.54. The average molecular weight is 505 g/mol. The van der Waals surface area contributed by atoms with E-state index in [2.05, 4.69) is 39.5 Å². The number of hydrogen-bond acceptors (Lipinski definition) is 6. The molecule has 2 aliphatic rings. The highest BCUT2D eigenvalue weighted by Gasteiger charge is 2.49. The van der Waals surface area contributed by atoms with E-state index in [9.17, 15) is 14.7 Å². The van der Waals surface area contributed by atoms with Crippen LogP contribution in [0.4, 0.5) is 0 Å². The van der Waals surface area contributed by atoms with Gasteiger partial charge in [0.05, 0.1) is 19.6 Å². The van der Waals surface area contributed by atoms with Gasteiger partial charge in [-0.2, -0.15) is 0 Å². The molecule has 0 unspecified atom stereocenters. The summed E-state index contributed by atoms with van der Waals surface area (Å²) in [4.78, 5) is 30.2. The molecule has 2 aliphatic heterocycles. The van der Waals surface area contributed by atoms with Crippen LogP contribution < -0.4 is 14.2 Å². The van der Waals surface area contributed by atoms with Gasteiger partial charge in [0, 0.05) is 31.6 Å². The number of aliphatic carboxylic acids is 1. The Kier molecular flexibility index (Phi) is 9.50. The van der Waals surface area contributed by atoms with E-state index in [4.69, 9.17) is 14.2 Å². The second kappa shape index (κ2) is 12.2. The van der Waals surface area contributed by atoms with Crippen molar-refractivity contribution in [3.63, 3.8) is 0 Å². The van der Waals surface area contributed by atoms with Crippen molar-refractivity contribution in [1.29, 1.82) is 0 Å². The van der Waals surface area contributed by atoms with Gasteiger partial charge in [-0.15, -0.1) is 0 Å². The number of hydrogen-bond donors (Lipinski definition) is 1. The van der Waals surface area contributed by atoms with E-state index in [0.717, 1.165) is 44.3 Å². The van der Waals surface area contributed by atoms with Gasteiger partial charge in [0.1, 0.15) is 0 Å². The molecule has 1 N–H and O–H groups in total. The van der Waals surface area contributed by atoms with E-state index in [1.54, 1.807) is 7.11 Å². The standard InChI is InChI=1S/C28H44N2O6/c1-7-10-28(4,5)15-21-25(27(32)33)20(16-30(21)17-24(31)29(11-8-2)12-9-3)19-13-22(34-6)26-23(14-19)35-18-36-26/h13-14,20-21,25H,7-12,15-18H2,1-6H3,(H,32,33)/t20-,21+,25-/m1/s1. The number of amides is 1. The molecule has 1 saturated heterocycles. The lowest BCUT2D eigenvalue weighted by atomic mass is 9.76. The van der Waals surface area contributed by atoms with Crippen molar-refractivity contribution in [2.45, 2.75) is 78.7 Å². The van der Waals surface area contributed by atoms with Crippen LogP contribution in [-0.4, -0.2) is 72.9 Å². The average Bonchev–Trinajstić information content (AvgIpc) is 3.42. The van der Waals surface area contributed by atoms with Crippen LogP contribution in [0.25, 0.3) is 0 Å². The molecule has 2 heterocycles. The molecule has 1 aromatic rings. The van der Waals surface area contributed by atoms with Gasteiger partial charge in [-0.1, -0.05) is 41.0 Å². The summed E-state index contributed by atoms with van der Waals surface area (Å²) >= 11 is 0. The van der Waals surface area contributed by atoms with Crippen molar-refractivity contribution in [3.8, 4) is 17.2 Å². The van der Waals surface area contributed by atoms with Gasteiger partial charge in [-0.25, -0.2) is 0 Å². The fraction of sp³-hybridized carbons (Fsp3) is 0.714. The highest BCUT2D eigenvalue weighted by molar-refractivity contribution is 5.79. The van der Waals surface area contributed by atoms with Crippen LogP contribution >= 0.6 is 0 Å². The number of carboxylic acids is 1. The highest BCUT2D eigenvalue weighted by Crippen LogP contribution is 2.48. The predicted molar refractivity (Wildman–Crippen MR) is 139 cm³/mol. The maximum Gasteiger partial charge on any atom is 0.308 e. The molecule has 8 heteroatoms. The van der Waals surface area contributed by atoms with Gasteiger partial charge in [-0.05, 0) is 48.8 Å². The van der Waals surface area contributed by atoms with Crippen molar-refractivity contribution in [2.75, 3.05) is 40.1 Å². The maximum absolute atomic E-state index is 13.4. The predicted octanol–water partition coefficient (Wildman–Crippen LogP) is 4.76. The van der Waals surface area contributed by atoms with Crippen LogP contribution in [0.3, 0.4) is 0 Å². The molecule has 0 bridgehead atoms. The third-order valence-corrected chi connectivity index (χ3v) is 7.51. The number of carbonyl (C=O) groups is 2. The van der Waals surface area contributed by atoms with Crippen molar-refractivity contribution in [1.82, 2.24) is 9.80 Å². The first-order valence-electron chi connectivity index (χ1n) is 13.4. The van der Waals surface area contributed by atoms with E-state index in [0.29, 0.717) is 30.2 Å². The van der Waals surface area contributed by atoms with Crippen molar-refractivity contribution >= 4 is 11.9 Å². The van der Waals surface area contributed by atoms with Crippen LogP contribution in [0.15, 0.2) is 12.1 Å². The van der Waals surface area contributed by atoms with Crippen molar-refractivity contribution < 1.29 is 28.9 Å². The zero-order valence-electron chi connectivity index (χ0n) is 22.8. The van der Waals surface area contributed by atoms with Crippen molar-refractivity contribution in [2.24, 2.45) is 11.3 Å². The largest absolute Gasteiger partial charge is 0.493 e. The first-order chi connectivity index (χ1) is 17.1. The smallest absolute Gasteiger partial charge is 0.308 e. The maximum atomic E-state index is 13.4. The molecule has 202 valence electrons.